The normalized spacial score (nSPS) is 12.3. The van der Waals surface area contributed by atoms with Gasteiger partial charge in [-0.1, -0.05) is 50.1 Å². The largest absolute Gasteiger partial charge is 0.370 e. The molecule has 0 aliphatic heterocycles. The number of hydrogen-bond acceptors (Lipinski definition) is 3. The van der Waals surface area contributed by atoms with Crippen molar-refractivity contribution in [1.82, 2.24) is 14.1 Å². The molecule has 1 unspecified atom stereocenters. The maximum atomic E-state index is 13.4. The van der Waals surface area contributed by atoms with Crippen LogP contribution in [0.3, 0.4) is 0 Å². The summed E-state index contributed by atoms with van der Waals surface area (Å²) in [5.74, 6) is 0. The van der Waals surface area contributed by atoms with Crippen molar-refractivity contribution in [1.29, 1.82) is 0 Å². The average molecular weight is 471 g/mol. The van der Waals surface area contributed by atoms with Gasteiger partial charge in [0.2, 0.25) is 0 Å². The monoisotopic (exact) mass is 470 g/mol. The number of nitrogens with zero attached hydrogens (tertiary/aromatic N) is 4. The number of benzene rings is 1. The Balaban J connectivity index is 1.77. The van der Waals surface area contributed by atoms with E-state index in [-0.39, 0.29) is 11.6 Å². The van der Waals surface area contributed by atoms with E-state index in [0.29, 0.717) is 0 Å². The molecular formula is C30H38N4O. The summed E-state index contributed by atoms with van der Waals surface area (Å²) in [5.41, 5.74) is 7.71. The Bertz CT molecular complexity index is 1350. The van der Waals surface area contributed by atoms with Gasteiger partial charge in [-0.25, -0.2) is 4.98 Å². The van der Waals surface area contributed by atoms with Crippen molar-refractivity contribution < 1.29 is 0 Å². The molecule has 5 nitrogen and oxygen atoms in total. The van der Waals surface area contributed by atoms with Gasteiger partial charge in [0.1, 0.15) is 5.65 Å². The van der Waals surface area contributed by atoms with Crippen LogP contribution in [-0.4, -0.2) is 27.2 Å². The first kappa shape index (κ1) is 24.8. The topological polar surface area (TPSA) is 43.1 Å². The molecule has 35 heavy (non-hydrogen) atoms. The van der Waals surface area contributed by atoms with Crippen LogP contribution < -0.4 is 10.5 Å². The fourth-order valence-corrected chi connectivity index (χ4v) is 5.27. The number of aromatic nitrogens is 3. The zero-order valence-corrected chi connectivity index (χ0v) is 22.0. The van der Waals surface area contributed by atoms with Crippen molar-refractivity contribution in [2.45, 2.75) is 59.9 Å². The Morgan fingerprint density at radius 3 is 2.26 bits per heavy atom. The molecule has 5 heteroatoms. The number of aryl methyl sites for hydroxylation is 3. The minimum absolute atomic E-state index is 0.0209. The predicted molar refractivity (Wildman–Crippen MR) is 148 cm³/mol. The molecule has 0 aliphatic carbocycles. The Kier molecular flexibility index (Phi) is 7.44. The summed E-state index contributed by atoms with van der Waals surface area (Å²) in [6.07, 6.45) is 9.07. The van der Waals surface area contributed by atoms with Crippen molar-refractivity contribution in [3.63, 3.8) is 0 Å². The summed E-state index contributed by atoms with van der Waals surface area (Å²) in [4.78, 5) is 20.6. The molecule has 0 saturated heterocycles. The van der Waals surface area contributed by atoms with Gasteiger partial charge >= 0.3 is 0 Å². The summed E-state index contributed by atoms with van der Waals surface area (Å²) in [6, 6.07) is 12.7. The van der Waals surface area contributed by atoms with E-state index in [0.717, 1.165) is 60.2 Å². The molecule has 1 atom stereocenters. The van der Waals surface area contributed by atoms with Crippen molar-refractivity contribution in [2.75, 3.05) is 18.0 Å². The van der Waals surface area contributed by atoms with E-state index in [2.05, 4.69) is 76.0 Å². The smallest absolute Gasteiger partial charge is 0.251 e. The molecule has 4 rings (SSSR count). The first-order valence-electron chi connectivity index (χ1n) is 12.9. The molecule has 0 bridgehead atoms. The standard InChI is InChI=1S/C30H38N4O/c1-7-11-33(12-8-2)25-18-26-27(20-32(6)30(26)31-19-25)23-10-13-34(29(35)17-23)28(9-3)24-15-21(4)14-22(5)16-24/h10,13-20,28H,7-9,11-12H2,1-6H3. The van der Waals surface area contributed by atoms with Gasteiger partial charge in [0, 0.05) is 49.5 Å². The Labute approximate surface area is 209 Å². The molecule has 0 radical (unpaired) electrons. The third-order valence-corrected chi connectivity index (χ3v) is 6.76. The van der Waals surface area contributed by atoms with E-state index in [1.807, 2.05) is 28.6 Å². The minimum Gasteiger partial charge on any atom is -0.370 e. The molecule has 184 valence electrons. The summed E-state index contributed by atoms with van der Waals surface area (Å²) in [7, 11) is 2.02. The highest BCUT2D eigenvalue weighted by molar-refractivity contribution is 5.95. The molecular weight excluding hydrogens is 432 g/mol. The highest BCUT2D eigenvalue weighted by Gasteiger charge is 2.17. The third kappa shape index (κ3) is 5.04. The molecule has 3 heterocycles. The van der Waals surface area contributed by atoms with Crippen LogP contribution in [0, 0.1) is 13.8 Å². The minimum atomic E-state index is 0.0209. The van der Waals surface area contributed by atoms with Gasteiger partial charge in [0.25, 0.3) is 5.56 Å². The first-order chi connectivity index (χ1) is 16.9. The second kappa shape index (κ2) is 10.5. The Morgan fingerprint density at radius 2 is 1.66 bits per heavy atom. The highest BCUT2D eigenvalue weighted by atomic mass is 16.1. The van der Waals surface area contributed by atoms with Crippen LogP contribution >= 0.6 is 0 Å². The van der Waals surface area contributed by atoms with Crippen LogP contribution in [0.25, 0.3) is 22.2 Å². The summed E-state index contributed by atoms with van der Waals surface area (Å²) in [6.45, 7) is 12.8. The molecule has 0 fully saturated rings. The number of hydrogen-bond donors (Lipinski definition) is 0. The van der Waals surface area contributed by atoms with Gasteiger partial charge in [-0.05, 0) is 56.4 Å². The predicted octanol–water partition coefficient (Wildman–Crippen LogP) is 6.64. The average Bonchev–Trinajstić information content (AvgIpc) is 3.15. The Hall–Kier alpha value is -3.34. The second-order valence-corrected chi connectivity index (χ2v) is 9.71. The molecule has 1 aromatic carbocycles. The Morgan fingerprint density at radius 1 is 0.971 bits per heavy atom. The van der Waals surface area contributed by atoms with Crippen molar-refractivity contribution in [3.05, 3.63) is 82.0 Å². The quantitative estimate of drug-likeness (QED) is 0.275. The van der Waals surface area contributed by atoms with E-state index in [1.54, 1.807) is 6.07 Å². The highest BCUT2D eigenvalue weighted by Crippen LogP contribution is 2.32. The first-order valence-corrected chi connectivity index (χ1v) is 12.9. The summed E-state index contributed by atoms with van der Waals surface area (Å²) >= 11 is 0. The fraction of sp³-hybridized carbons (Fsp3) is 0.400. The second-order valence-electron chi connectivity index (χ2n) is 9.71. The van der Waals surface area contributed by atoms with Crippen molar-refractivity contribution in [3.8, 4) is 11.1 Å². The lowest BCUT2D eigenvalue weighted by molar-refractivity contribution is 0.548. The maximum absolute atomic E-state index is 13.4. The van der Waals surface area contributed by atoms with E-state index in [4.69, 9.17) is 4.98 Å². The van der Waals surface area contributed by atoms with Crippen LogP contribution in [0.5, 0.6) is 0 Å². The van der Waals surface area contributed by atoms with Gasteiger partial charge < -0.3 is 14.0 Å². The van der Waals surface area contributed by atoms with Gasteiger partial charge in [0.15, 0.2) is 0 Å². The SMILES string of the molecule is CCCN(CCC)c1cnc2c(c1)c(-c1ccn(C(CC)c3cc(C)cc(C)c3)c(=O)c1)cn2C. The third-order valence-electron chi connectivity index (χ3n) is 6.76. The van der Waals surface area contributed by atoms with Crippen LogP contribution in [0.4, 0.5) is 5.69 Å². The van der Waals surface area contributed by atoms with Gasteiger partial charge in [-0.2, -0.15) is 0 Å². The van der Waals surface area contributed by atoms with Crippen molar-refractivity contribution in [2.24, 2.45) is 7.05 Å². The zero-order valence-electron chi connectivity index (χ0n) is 22.0. The number of rotatable bonds is 9. The van der Waals surface area contributed by atoms with Gasteiger partial charge in [-0.15, -0.1) is 0 Å². The number of anilines is 1. The lowest BCUT2D eigenvalue weighted by Gasteiger charge is -2.23. The molecule has 0 saturated carbocycles. The molecule has 0 N–H and O–H groups in total. The summed E-state index contributed by atoms with van der Waals surface area (Å²) < 4.78 is 3.92. The number of fused-ring (bicyclic) bond motifs is 1. The fourth-order valence-electron chi connectivity index (χ4n) is 5.27. The van der Waals surface area contributed by atoms with E-state index >= 15 is 0 Å². The maximum Gasteiger partial charge on any atom is 0.251 e. The van der Waals surface area contributed by atoms with Gasteiger partial charge in [0.05, 0.1) is 17.9 Å². The van der Waals surface area contributed by atoms with Crippen LogP contribution in [0.2, 0.25) is 0 Å². The molecule has 4 aromatic rings. The lowest BCUT2D eigenvalue weighted by atomic mass is 9.99. The van der Waals surface area contributed by atoms with Crippen LogP contribution in [-0.2, 0) is 7.05 Å². The van der Waals surface area contributed by atoms with E-state index in [1.165, 1.54) is 16.7 Å². The van der Waals surface area contributed by atoms with E-state index in [9.17, 15) is 4.79 Å². The molecule has 0 amide bonds. The summed E-state index contributed by atoms with van der Waals surface area (Å²) in [5, 5.41) is 1.08. The van der Waals surface area contributed by atoms with Crippen LogP contribution in [0.15, 0.2) is 59.8 Å². The number of pyridine rings is 2. The van der Waals surface area contributed by atoms with Gasteiger partial charge in [-0.3, -0.25) is 4.79 Å². The molecule has 3 aromatic heterocycles. The lowest BCUT2D eigenvalue weighted by Crippen LogP contribution is -2.25. The molecule has 0 spiro atoms. The van der Waals surface area contributed by atoms with Crippen molar-refractivity contribution >= 4 is 16.7 Å². The zero-order chi connectivity index (χ0) is 25.1. The molecule has 0 aliphatic rings. The van der Waals surface area contributed by atoms with Crippen LogP contribution in [0.1, 0.15) is 62.8 Å². The van der Waals surface area contributed by atoms with E-state index < -0.39 is 0 Å².